The van der Waals surface area contributed by atoms with Crippen LogP contribution < -0.4 is 5.73 Å². The monoisotopic (exact) mass is 286 g/mol. The van der Waals surface area contributed by atoms with E-state index in [-0.39, 0.29) is 0 Å². The molecule has 1 aromatic heterocycles. The minimum Gasteiger partial charge on any atom is -0.398 e. The van der Waals surface area contributed by atoms with Crippen LogP contribution in [0.3, 0.4) is 0 Å². The lowest BCUT2D eigenvalue weighted by Crippen LogP contribution is -1.89. The molecule has 17 heavy (non-hydrogen) atoms. The fourth-order valence-electron chi connectivity index (χ4n) is 2.02. The fourth-order valence-corrected chi connectivity index (χ4v) is 2.68. The average Bonchev–Trinajstić information content (AvgIpc) is 2.68. The molecular formula is C14H11BrN2. The van der Waals surface area contributed by atoms with Gasteiger partial charge in [-0.05, 0) is 28.1 Å². The summed E-state index contributed by atoms with van der Waals surface area (Å²) in [5.74, 6) is 0. The number of hydrogen-bond acceptors (Lipinski definition) is 1. The number of nitrogen functional groups attached to an aromatic ring is 1. The van der Waals surface area contributed by atoms with Gasteiger partial charge in [0.25, 0.3) is 0 Å². The van der Waals surface area contributed by atoms with Gasteiger partial charge in [-0.25, -0.2) is 0 Å². The van der Waals surface area contributed by atoms with E-state index in [1.807, 2.05) is 36.4 Å². The summed E-state index contributed by atoms with van der Waals surface area (Å²) in [6.45, 7) is 0. The van der Waals surface area contributed by atoms with E-state index in [4.69, 9.17) is 5.73 Å². The topological polar surface area (TPSA) is 41.8 Å². The van der Waals surface area contributed by atoms with Crippen LogP contribution in [-0.2, 0) is 0 Å². The van der Waals surface area contributed by atoms with Gasteiger partial charge in [0.15, 0.2) is 0 Å². The molecule has 3 heteroatoms. The van der Waals surface area contributed by atoms with Crippen LogP contribution in [0.15, 0.2) is 53.0 Å². The van der Waals surface area contributed by atoms with E-state index in [1.165, 1.54) is 5.39 Å². The van der Waals surface area contributed by atoms with Crippen LogP contribution in [0.25, 0.3) is 22.2 Å². The summed E-state index contributed by atoms with van der Waals surface area (Å²) in [5.41, 5.74) is 9.94. The molecule has 3 aromatic rings. The summed E-state index contributed by atoms with van der Waals surface area (Å²) in [5, 5.41) is 1.17. The lowest BCUT2D eigenvalue weighted by atomic mass is 10.1. The van der Waals surface area contributed by atoms with E-state index >= 15 is 0 Å². The number of aromatic nitrogens is 1. The minimum atomic E-state index is 0.778. The normalized spacial score (nSPS) is 10.9. The Morgan fingerprint density at radius 3 is 2.41 bits per heavy atom. The third-order valence-electron chi connectivity index (χ3n) is 2.87. The van der Waals surface area contributed by atoms with Crippen molar-refractivity contribution >= 4 is 32.5 Å². The maximum atomic E-state index is 6.00. The zero-order valence-corrected chi connectivity index (χ0v) is 10.7. The van der Waals surface area contributed by atoms with Crippen molar-refractivity contribution in [2.24, 2.45) is 0 Å². The van der Waals surface area contributed by atoms with Crippen molar-refractivity contribution in [1.82, 2.24) is 4.98 Å². The highest BCUT2D eigenvalue weighted by atomic mass is 79.9. The molecule has 0 aliphatic rings. The molecule has 0 saturated carbocycles. The van der Waals surface area contributed by atoms with Crippen molar-refractivity contribution in [3.05, 3.63) is 53.0 Å². The molecular weight excluding hydrogens is 276 g/mol. The molecule has 84 valence electrons. The first-order valence-corrected chi connectivity index (χ1v) is 6.18. The molecule has 0 amide bonds. The molecule has 2 nitrogen and oxygen atoms in total. The van der Waals surface area contributed by atoms with E-state index in [9.17, 15) is 0 Å². The van der Waals surface area contributed by atoms with Gasteiger partial charge in [-0.15, -0.1) is 0 Å². The van der Waals surface area contributed by atoms with E-state index < -0.39 is 0 Å². The van der Waals surface area contributed by atoms with Gasteiger partial charge in [-0.2, -0.15) is 0 Å². The maximum absolute atomic E-state index is 6.00. The smallest absolute Gasteiger partial charge is 0.0630 e. The highest BCUT2D eigenvalue weighted by Crippen LogP contribution is 2.36. The first-order valence-electron chi connectivity index (χ1n) is 5.38. The molecule has 0 aliphatic carbocycles. The van der Waals surface area contributed by atoms with Crippen molar-refractivity contribution in [1.29, 1.82) is 0 Å². The van der Waals surface area contributed by atoms with Crippen molar-refractivity contribution in [2.75, 3.05) is 5.73 Å². The third kappa shape index (κ3) is 1.63. The van der Waals surface area contributed by atoms with Crippen LogP contribution in [0, 0.1) is 0 Å². The third-order valence-corrected chi connectivity index (χ3v) is 3.70. The van der Waals surface area contributed by atoms with Gasteiger partial charge < -0.3 is 10.7 Å². The number of anilines is 1. The molecule has 1 heterocycles. The number of hydrogen-bond donors (Lipinski definition) is 2. The first kappa shape index (κ1) is 10.4. The number of para-hydroxylation sites is 2. The standard InChI is InChI=1S/C14H11BrN2/c15-13-10-6-2-4-8-12(10)17-14(13)9-5-1-3-7-11(9)16/h1-8,17H,16H2. The van der Waals surface area contributed by atoms with Crippen LogP contribution in [0.2, 0.25) is 0 Å². The molecule has 0 saturated heterocycles. The van der Waals surface area contributed by atoms with Gasteiger partial charge in [-0.3, -0.25) is 0 Å². The predicted molar refractivity (Wildman–Crippen MR) is 75.8 cm³/mol. The number of aromatic amines is 1. The molecule has 2 aromatic carbocycles. The van der Waals surface area contributed by atoms with Crippen molar-refractivity contribution < 1.29 is 0 Å². The Labute approximate surface area is 108 Å². The summed E-state index contributed by atoms with van der Waals surface area (Å²) in [6, 6.07) is 16.0. The van der Waals surface area contributed by atoms with Crippen LogP contribution in [0.5, 0.6) is 0 Å². The highest BCUT2D eigenvalue weighted by Gasteiger charge is 2.11. The zero-order chi connectivity index (χ0) is 11.8. The van der Waals surface area contributed by atoms with Crippen LogP contribution in [0.1, 0.15) is 0 Å². The minimum absolute atomic E-state index is 0.778. The van der Waals surface area contributed by atoms with Crippen LogP contribution in [-0.4, -0.2) is 4.98 Å². The molecule has 0 spiro atoms. The summed E-state index contributed by atoms with van der Waals surface area (Å²) in [6.07, 6.45) is 0. The van der Waals surface area contributed by atoms with Crippen LogP contribution >= 0.6 is 15.9 Å². The second kappa shape index (κ2) is 3.93. The zero-order valence-electron chi connectivity index (χ0n) is 9.07. The Bertz CT molecular complexity index is 686. The van der Waals surface area contributed by atoms with Gasteiger partial charge >= 0.3 is 0 Å². The number of rotatable bonds is 1. The van der Waals surface area contributed by atoms with E-state index in [2.05, 4.69) is 33.0 Å². The van der Waals surface area contributed by atoms with Crippen molar-refractivity contribution in [3.63, 3.8) is 0 Å². The largest absolute Gasteiger partial charge is 0.398 e. The number of benzene rings is 2. The fraction of sp³-hybridized carbons (Fsp3) is 0. The van der Waals surface area contributed by atoms with Gasteiger partial charge in [0, 0.05) is 22.2 Å². The lowest BCUT2D eigenvalue weighted by molar-refractivity contribution is 1.44. The predicted octanol–water partition coefficient (Wildman–Crippen LogP) is 4.18. The van der Waals surface area contributed by atoms with Gasteiger partial charge in [-0.1, -0.05) is 36.4 Å². The Hall–Kier alpha value is -1.74. The Morgan fingerprint density at radius 2 is 1.65 bits per heavy atom. The van der Waals surface area contributed by atoms with Gasteiger partial charge in [0.1, 0.15) is 0 Å². The van der Waals surface area contributed by atoms with E-state index in [0.29, 0.717) is 0 Å². The second-order valence-corrected chi connectivity index (χ2v) is 4.74. The Kier molecular flexibility index (Phi) is 2.41. The lowest BCUT2D eigenvalue weighted by Gasteiger charge is -2.03. The molecule has 0 aliphatic heterocycles. The Balaban J connectivity index is 2.32. The summed E-state index contributed by atoms with van der Waals surface area (Å²) in [4.78, 5) is 3.39. The number of nitrogens with two attached hydrogens (primary N) is 1. The number of halogens is 1. The summed E-state index contributed by atoms with van der Waals surface area (Å²) < 4.78 is 1.06. The molecule has 0 radical (unpaired) electrons. The Morgan fingerprint density at radius 1 is 0.941 bits per heavy atom. The average molecular weight is 287 g/mol. The number of fused-ring (bicyclic) bond motifs is 1. The number of nitrogens with one attached hydrogen (secondary N) is 1. The number of H-pyrrole nitrogens is 1. The molecule has 3 N–H and O–H groups in total. The quantitative estimate of drug-likeness (QED) is 0.648. The first-order chi connectivity index (χ1) is 8.27. The maximum Gasteiger partial charge on any atom is 0.0630 e. The molecule has 0 fully saturated rings. The highest BCUT2D eigenvalue weighted by molar-refractivity contribution is 9.10. The summed E-state index contributed by atoms with van der Waals surface area (Å²) >= 11 is 3.64. The van der Waals surface area contributed by atoms with Crippen LogP contribution in [0.4, 0.5) is 5.69 Å². The van der Waals surface area contributed by atoms with Gasteiger partial charge in [0.05, 0.1) is 10.2 Å². The van der Waals surface area contributed by atoms with Crippen molar-refractivity contribution in [2.45, 2.75) is 0 Å². The summed E-state index contributed by atoms with van der Waals surface area (Å²) in [7, 11) is 0. The van der Waals surface area contributed by atoms with Crippen molar-refractivity contribution in [3.8, 4) is 11.3 Å². The molecule has 0 bridgehead atoms. The van der Waals surface area contributed by atoms with E-state index in [0.717, 1.165) is 26.9 Å². The second-order valence-electron chi connectivity index (χ2n) is 3.95. The molecule has 0 atom stereocenters. The molecule has 3 rings (SSSR count). The van der Waals surface area contributed by atoms with Gasteiger partial charge in [0.2, 0.25) is 0 Å². The SMILES string of the molecule is Nc1ccccc1-c1[nH]c2ccccc2c1Br. The molecule has 0 unspecified atom stereocenters. The van der Waals surface area contributed by atoms with E-state index in [1.54, 1.807) is 0 Å².